The van der Waals surface area contributed by atoms with Gasteiger partial charge < -0.3 is 9.47 Å². The maximum atomic E-state index is 13.4. The molecule has 33 heavy (non-hydrogen) atoms. The molecule has 1 saturated heterocycles. The molecule has 1 fully saturated rings. The molecule has 2 aromatic carbocycles. The minimum absolute atomic E-state index is 0.00228. The number of benzene rings is 2. The van der Waals surface area contributed by atoms with Crippen LogP contribution in [-0.2, 0) is 25.9 Å². The largest absolute Gasteiger partial charge is 0.447 e. The van der Waals surface area contributed by atoms with Gasteiger partial charge in [0.15, 0.2) is 0 Å². The number of para-hydroxylation sites is 1. The van der Waals surface area contributed by atoms with Gasteiger partial charge in [0, 0.05) is 11.6 Å². The summed E-state index contributed by atoms with van der Waals surface area (Å²) >= 11 is 0. The van der Waals surface area contributed by atoms with Gasteiger partial charge in [0.1, 0.15) is 12.2 Å². The topological polar surface area (TPSA) is 94.9 Å². The van der Waals surface area contributed by atoms with Crippen LogP contribution >= 0.6 is 0 Å². The molecule has 9 heteroatoms. The van der Waals surface area contributed by atoms with Crippen LogP contribution in [0.4, 0.5) is 9.59 Å². The second-order valence-electron chi connectivity index (χ2n) is 9.07. The molecule has 1 aliphatic heterocycles. The minimum Gasteiger partial charge on any atom is -0.447 e. The van der Waals surface area contributed by atoms with Crippen LogP contribution in [-0.4, -0.2) is 47.7 Å². The first-order chi connectivity index (χ1) is 15.5. The number of amides is 2. The van der Waals surface area contributed by atoms with Crippen LogP contribution in [0.3, 0.4) is 0 Å². The molecular weight excluding hydrogens is 444 g/mol. The van der Waals surface area contributed by atoms with E-state index < -0.39 is 33.9 Å². The normalized spacial score (nSPS) is 16.8. The van der Waals surface area contributed by atoms with Crippen molar-refractivity contribution in [2.75, 3.05) is 6.61 Å². The number of nitrogens with zero attached hydrogens (tertiary/aromatic N) is 2. The SMILES string of the molecule is Cc1ccc(S(=O)(=O)n2cc(C[C@H]3COC(=O)N3C(=O)OC(C)(C)C)c3ccccc32)cc1. The first kappa shape index (κ1) is 22.8. The summed E-state index contributed by atoms with van der Waals surface area (Å²) in [7, 11) is -3.85. The van der Waals surface area contributed by atoms with E-state index in [9.17, 15) is 18.0 Å². The summed E-state index contributed by atoms with van der Waals surface area (Å²) in [6, 6.07) is 13.2. The molecule has 0 unspecified atom stereocenters. The van der Waals surface area contributed by atoms with E-state index in [0.29, 0.717) is 11.1 Å². The second-order valence-corrected chi connectivity index (χ2v) is 10.9. The van der Waals surface area contributed by atoms with Gasteiger partial charge in [0.2, 0.25) is 0 Å². The fraction of sp³-hybridized carbons (Fsp3) is 0.333. The number of hydrogen-bond acceptors (Lipinski definition) is 6. The molecule has 2 heterocycles. The maximum Gasteiger partial charge on any atom is 0.420 e. The maximum absolute atomic E-state index is 13.4. The number of ether oxygens (including phenoxy) is 2. The Bertz CT molecular complexity index is 1320. The zero-order valence-electron chi connectivity index (χ0n) is 18.9. The Kier molecular flexibility index (Phi) is 5.69. The fourth-order valence-corrected chi connectivity index (χ4v) is 5.19. The van der Waals surface area contributed by atoms with Crippen molar-refractivity contribution >= 4 is 33.1 Å². The van der Waals surface area contributed by atoms with Crippen molar-refractivity contribution in [3.63, 3.8) is 0 Å². The Labute approximate surface area is 192 Å². The van der Waals surface area contributed by atoms with Gasteiger partial charge in [-0.3, -0.25) is 0 Å². The van der Waals surface area contributed by atoms with E-state index >= 15 is 0 Å². The van der Waals surface area contributed by atoms with E-state index in [-0.39, 0.29) is 17.9 Å². The lowest BCUT2D eigenvalue weighted by Crippen LogP contribution is -2.43. The van der Waals surface area contributed by atoms with Gasteiger partial charge in [-0.1, -0.05) is 35.9 Å². The number of carbonyl (C=O) groups is 2. The number of aryl methyl sites for hydroxylation is 1. The summed E-state index contributed by atoms with van der Waals surface area (Å²) in [5, 5.41) is 0.719. The molecule has 1 atom stereocenters. The molecule has 0 radical (unpaired) electrons. The van der Waals surface area contributed by atoms with Crippen molar-refractivity contribution in [2.45, 2.75) is 50.7 Å². The molecule has 0 aliphatic carbocycles. The molecule has 1 aromatic heterocycles. The zero-order valence-corrected chi connectivity index (χ0v) is 19.8. The predicted molar refractivity (Wildman–Crippen MR) is 123 cm³/mol. The molecule has 0 bridgehead atoms. The molecule has 174 valence electrons. The highest BCUT2D eigenvalue weighted by Gasteiger charge is 2.41. The number of carbonyl (C=O) groups excluding carboxylic acids is 2. The van der Waals surface area contributed by atoms with Crippen LogP contribution in [0.1, 0.15) is 31.9 Å². The Morgan fingerprint density at radius 3 is 2.45 bits per heavy atom. The monoisotopic (exact) mass is 470 g/mol. The average molecular weight is 471 g/mol. The number of cyclic esters (lactones) is 1. The van der Waals surface area contributed by atoms with Crippen LogP contribution in [0.25, 0.3) is 10.9 Å². The van der Waals surface area contributed by atoms with Crippen molar-refractivity contribution in [2.24, 2.45) is 0 Å². The van der Waals surface area contributed by atoms with Crippen LogP contribution in [0, 0.1) is 6.92 Å². The number of hydrogen-bond donors (Lipinski definition) is 0. The minimum atomic E-state index is -3.85. The molecular formula is C24H26N2O6S. The van der Waals surface area contributed by atoms with Crippen molar-refractivity contribution in [3.8, 4) is 0 Å². The van der Waals surface area contributed by atoms with E-state index in [0.717, 1.165) is 15.8 Å². The number of fused-ring (bicyclic) bond motifs is 1. The van der Waals surface area contributed by atoms with Gasteiger partial charge in [-0.15, -0.1) is 0 Å². The van der Waals surface area contributed by atoms with Crippen LogP contribution in [0.2, 0.25) is 0 Å². The van der Waals surface area contributed by atoms with Crippen LogP contribution in [0.15, 0.2) is 59.6 Å². The van der Waals surface area contributed by atoms with Gasteiger partial charge in [-0.25, -0.2) is 26.9 Å². The van der Waals surface area contributed by atoms with E-state index in [1.165, 1.54) is 3.97 Å². The first-order valence-corrected chi connectivity index (χ1v) is 12.0. The summed E-state index contributed by atoms with van der Waals surface area (Å²) in [5.74, 6) is 0. The second kappa shape index (κ2) is 8.22. The highest BCUT2D eigenvalue weighted by Crippen LogP contribution is 2.29. The Balaban J connectivity index is 1.72. The van der Waals surface area contributed by atoms with Crippen molar-refractivity contribution in [1.29, 1.82) is 0 Å². The van der Waals surface area contributed by atoms with Crippen molar-refractivity contribution < 1.29 is 27.5 Å². The lowest BCUT2D eigenvalue weighted by Gasteiger charge is -2.25. The van der Waals surface area contributed by atoms with E-state index in [1.807, 2.05) is 19.1 Å². The zero-order chi connectivity index (χ0) is 24.0. The fourth-order valence-electron chi connectivity index (χ4n) is 3.80. The standard InChI is InChI=1S/C24H26N2O6S/c1-16-9-11-19(12-10-16)33(29,30)25-14-17(20-7-5-6-8-21(20)25)13-18-15-31-22(27)26(18)23(28)32-24(2,3)4/h5-12,14,18H,13,15H2,1-4H3/t18-/m0/s1. The van der Waals surface area contributed by atoms with E-state index in [2.05, 4.69) is 0 Å². The van der Waals surface area contributed by atoms with Crippen molar-refractivity contribution in [3.05, 3.63) is 65.9 Å². The Hall–Kier alpha value is -3.33. The summed E-state index contributed by atoms with van der Waals surface area (Å²) in [6.07, 6.45) is 0.217. The lowest BCUT2D eigenvalue weighted by atomic mass is 10.1. The Morgan fingerprint density at radius 2 is 1.79 bits per heavy atom. The Morgan fingerprint density at radius 1 is 1.12 bits per heavy atom. The van der Waals surface area contributed by atoms with Crippen LogP contribution < -0.4 is 0 Å². The summed E-state index contributed by atoms with van der Waals surface area (Å²) in [5.41, 5.74) is 1.38. The third-order valence-electron chi connectivity index (χ3n) is 5.35. The molecule has 2 amide bonds. The number of imide groups is 1. The van der Waals surface area contributed by atoms with Gasteiger partial charge in [0.25, 0.3) is 10.0 Å². The molecule has 3 aromatic rings. The summed E-state index contributed by atoms with van der Waals surface area (Å²) in [4.78, 5) is 26.0. The summed E-state index contributed by atoms with van der Waals surface area (Å²) in [6.45, 7) is 7.03. The first-order valence-electron chi connectivity index (χ1n) is 10.6. The number of aromatic nitrogens is 1. The molecule has 0 spiro atoms. The van der Waals surface area contributed by atoms with Gasteiger partial charge in [-0.05, 0) is 57.9 Å². The third kappa shape index (κ3) is 4.45. The third-order valence-corrected chi connectivity index (χ3v) is 7.03. The van der Waals surface area contributed by atoms with Gasteiger partial charge in [0.05, 0.1) is 16.5 Å². The van der Waals surface area contributed by atoms with E-state index in [4.69, 9.17) is 9.47 Å². The molecule has 8 nitrogen and oxygen atoms in total. The predicted octanol–water partition coefficient (Wildman–Crippen LogP) is 4.49. The van der Waals surface area contributed by atoms with Gasteiger partial charge in [-0.2, -0.15) is 0 Å². The molecule has 4 rings (SSSR count). The number of rotatable bonds is 4. The average Bonchev–Trinajstić information content (AvgIpc) is 3.28. The lowest BCUT2D eigenvalue weighted by molar-refractivity contribution is 0.0292. The quantitative estimate of drug-likeness (QED) is 0.558. The molecule has 0 saturated carbocycles. The highest BCUT2D eigenvalue weighted by molar-refractivity contribution is 7.90. The smallest absolute Gasteiger partial charge is 0.420 e. The highest BCUT2D eigenvalue weighted by atomic mass is 32.2. The van der Waals surface area contributed by atoms with E-state index in [1.54, 1.807) is 63.4 Å². The summed E-state index contributed by atoms with van der Waals surface area (Å²) < 4.78 is 38.5. The van der Waals surface area contributed by atoms with Crippen molar-refractivity contribution in [1.82, 2.24) is 8.87 Å². The molecule has 0 N–H and O–H groups in total. The molecule has 1 aliphatic rings. The van der Waals surface area contributed by atoms with Crippen LogP contribution in [0.5, 0.6) is 0 Å². The van der Waals surface area contributed by atoms with Gasteiger partial charge >= 0.3 is 12.2 Å².